The average Bonchev–Trinajstić information content (AvgIpc) is 3.05. The minimum absolute atomic E-state index is 0.0848. The molecule has 0 saturated carbocycles. The number of thiocarbonyl (C=S) groups is 1. The number of rotatable bonds is 5. The summed E-state index contributed by atoms with van der Waals surface area (Å²) in [6, 6.07) is 6.96. The highest BCUT2D eigenvalue weighted by Gasteiger charge is 2.35. The topological polar surface area (TPSA) is 96.2 Å². The maximum atomic E-state index is 12.6. The molecule has 0 fully saturated rings. The van der Waals surface area contributed by atoms with Crippen LogP contribution in [0.3, 0.4) is 0 Å². The van der Waals surface area contributed by atoms with Crippen molar-refractivity contribution in [1.29, 1.82) is 0 Å². The van der Waals surface area contributed by atoms with Gasteiger partial charge in [-0.25, -0.2) is 0 Å². The molecule has 1 aliphatic carbocycles. The molecule has 3 rings (SSSR count). The summed E-state index contributed by atoms with van der Waals surface area (Å²) in [6.45, 7) is 1.92. The van der Waals surface area contributed by atoms with Crippen LogP contribution in [0.25, 0.3) is 0 Å². The second kappa shape index (κ2) is 9.92. The minimum atomic E-state index is -1.90. The van der Waals surface area contributed by atoms with Crippen LogP contribution in [0.5, 0.6) is 0 Å². The Hall–Kier alpha value is -1.58. The third-order valence-electron chi connectivity index (χ3n) is 4.84. The molecule has 1 aromatic heterocycles. The van der Waals surface area contributed by atoms with Gasteiger partial charge in [-0.05, 0) is 62.5 Å². The molecular weight excluding hydrogens is 499 g/mol. The van der Waals surface area contributed by atoms with Crippen molar-refractivity contribution < 1.29 is 9.59 Å². The van der Waals surface area contributed by atoms with Crippen molar-refractivity contribution in [2.45, 2.75) is 42.6 Å². The summed E-state index contributed by atoms with van der Waals surface area (Å²) < 4.78 is -1.90. The largest absolute Gasteiger partial charge is 0.365 e. The Labute approximate surface area is 204 Å². The molecule has 0 bridgehead atoms. The maximum Gasteiger partial charge on any atom is 0.252 e. The van der Waals surface area contributed by atoms with E-state index in [1.54, 1.807) is 12.1 Å². The number of primary amides is 1. The summed E-state index contributed by atoms with van der Waals surface area (Å²) in [6.07, 6.45) is 2.64. The predicted octanol–water partition coefficient (Wildman–Crippen LogP) is 4.45. The van der Waals surface area contributed by atoms with Gasteiger partial charge in [-0.15, -0.1) is 11.3 Å². The molecule has 1 aliphatic rings. The number of thiophene rings is 1. The highest BCUT2D eigenvalue weighted by molar-refractivity contribution is 7.80. The highest BCUT2D eigenvalue weighted by Crippen LogP contribution is 2.38. The van der Waals surface area contributed by atoms with E-state index >= 15 is 0 Å². The fourth-order valence-electron chi connectivity index (χ4n) is 3.30. The molecule has 0 radical (unpaired) electrons. The zero-order valence-electron chi connectivity index (χ0n) is 16.6. The predicted molar refractivity (Wildman–Crippen MR) is 132 cm³/mol. The van der Waals surface area contributed by atoms with Gasteiger partial charge in [-0.1, -0.05) is 52.5 Å². The zero-order valence-corrected chi connectivity index (χ0v) is 20.5. The lowest BCUT2D eigenvalue weighted by Gasteiger charge is -2.27. The van der Waals surface area contributed by atoms with E-state index in [9.17, 15) is 9.59 Å². The van der Waals surface area contributed by atoms with Gasteiger partial charge in [0.15, 0.2) is 5.11 Å². The molecule has 31 heavy (non-hydrogen) atoms. The van der Waals surface area contributed by atoms with Gasteiger partial charge >= 0.3 is 0 Å². The molecule has 2 amide bonds. The van der Waals surface area contributed by atoms with Crippen molar-refractivity contribution in [3.05, 3.63) is 51.4 Å². The Bertz CT molecular complexity index is 1000. The fourth-order valence-corrected chi connectivity index (χ4v) is 5.21. The van der Waals surface area contributed by atoms with Gasteiger partial charge in [0.25, 0.3) is 11.8 Å². The van der Waals surface area contributed by atoms with Gasteiger partial charge in [0.1, 0.15) is 11.2 Å². The summed E-state index contributed by atoms with van der Waals surface area (Å²) >= 11 is 25.0. The number of hydrogen-bond donors (Lipinski definition) is 4. The van der Waals surface area contributed by atoms with Gasteiger partial charge in [0.2, 0.25) is 3.79 Å². The minimum Gasteiger partial charge on any atom is -0.365 e. The van der Waals surface area contributed by atoms with Crippen LogP contribution in [-0.4, -0.2) is 26.9 Å². The molecule has 11 heteroatoms. The second-order valence-corrected chi connectivity index (χ2v) is 11.1. The maximum absolute atomic E-state index is 12.6. The van der Waals surface area contributed by atoms with Crippen LogP contribution < -0.4 is 21.7 Å². The molecule has 166 valence electrons. The van der Waals surface area contributed by atoms with Crippen molar-refractivity contribution in [2.75, 3.05) is 5.32 Å². The highest BCUT2D eigenvalue weighted by atomic mass is 35.6. The molecule has 1 aromatic carbocycles. The lowest BCUT2D eigenvalue weighted by molar-refractivity contribution is 0.0933. The summed E-state index contributed by atoms with van der Waals surface area (Å²) in [5.41, 5.74) is 8.45. The van der Waals surface area contributed by atoms with E-state index in [0.29, 0.717) is 16.1 Å². The van der Waals surface area contributed by atoms with E-state index in [0.717, 1.165) is 41.7 Å². The number of carbonyl (C=O) groups is 2. The monoisotopic (exact) mass is 518 g/mol. The lowest BCUT2D eigenvalue weighted by atomic mass is 9.95. The smallest absolute Gasteiger partial charge is 0.252 e. The van der Waals surface area contributed by atoms with E-state index in [-0.39, 0.29) is 5.11 Å². The number of fused-ring (bicyclic) bond motifs is 1. The van der Waals surface area contributed by atoms with Crippen molar-refractivity contribution in [3.63, 3.8) is 0 Å². The average molecular weight is 520 g/mol. The summed E-state index contributed by atoms with van der Waals surface area (Å²) in [5, 5.41) is 9.06. The van der Waals surface area contributed by atoms with Crippen molar-refractivity contribution in [3.8, 4) is 0 Å². The van der Waals surface area contributed by atoms with Crippen LogP contribution in [-0.2, 0) is 12.8 Å². The molecule has 0 aliphatic heterocycles. The molecule has 6 nitrogen and oxygen atoms in total. The number of aryl methyl sites for hydroxylation is 2. The van der Waals surface area contributed by atoms with E-state index in [2.05, 4.69) is 16.0 Å². The number of nitrogens with one attached hydrogen (secondary N) is 3. The van der Waals surface area contributed by atoms with Crippen LogP contribution in [0.2, 0.25) is 0 Å². The first kappa shape index (κ1) is 24.1. The van der Waals surface area contributed by atoms with Gasteiger partial charge in [0, 0.05) is 10.4 Å². The normalized spacial score (nSPS) is 14.3. The second-order valence-electron chi connectivity index (χ2n) is 7.19. The third kappa shape index (κ3) is 6.02. The molecule has 1 heterocycles. The zero-order chi connectivity index (χ0) is 22.8. The van der Waals surface area contributed by atoms with Gasteiger partial charge in [-0.3, -0.25) is 9.59 Å². The number of alkyl halides is 3. The lowest BCUT2D eigenvalue weighted by Crippen LogP contribution is -2.56. The Balaban J connectivity index is 1.75. The van der Waals surface area contributed by atoms with E-state index in [1.165, 1.54) is 11.3 Å². The molecule has 0 unspecified atom stereocenters. The molecular formula is C20H21Cl3N4O2S2. The molecule has 2 aromatic rings. The Morgan fingerprint density at radius 3 is 2.39 bits per heavy atom. The van der Waals surface area contributed by atoms with Crippen LogP contribution in [0.4, 0.5) is 5.00 Å². The van der Waals surface area contributed by atoms with E-state index in [1.807, 2.05) is 19.1 Å². The summed E-state index contributed by atoms with van der Waals surface area (Å²) in [5.74, 6) is -0.952. The Morgan fingerprint density at radius 2 is 1.77 bits per heavy atom. The first-order chi connectivity index (χ1) is 14.6. The SMILES string of the molecule is Cc1ccc(C(=O)N[C@H](NC(=S)Nc2sc3c(c2C(N)=O)CCCC3)C(Cl)(Cl)Cl)cc1. The Morgan fingerprint density at radius 1 is 1.13 bits per heavy atom. The standard InChI is InChI=1S/C20H21Cl3N4O2S2/c1-10-6-8-11(9-7-10)16(29)25-18(20(21,22)23)27-19(30)26-17-14(15(24)28)12-4-2-3-5-13(12)31-17/h6-9,18H,2-5H2,1H3,(H2,24,28)(H,25,29)(H2,26,27,30)/t18-/m1/s1. The molecule has 0 spiro atoms. The van der Waals surface area contributed by atoms with Gasteiger partial charge in [0.05, 0.1) is 5.56 Å². The number of anilines is 1. The van der Waals surface area contributed by atoms with Gasteiger partial charge < -0.3 is 21.7 Å². The van der Waals surface area contributed by atoms with Crippen molar-refractivity contribution in [2.24, 2.45) is 5.73 Å². The molecule has 0 saturated heterocycles. The van der Waals surface area contributed by atoms with Crippen molar-refractivity contribution >= 4 is 80.3 Å². The number of benzene rings is 1. The first-order valence-electron chi connectivity index (χ1n) is 9.52. The van der Waals surface area contributed by atoms with E-state index in [4.69, 9.17) is 52.8 Å². The molecule has 5 N–H and O–H groups in total. The Kier molecular flexibility index (Phi) is 7.70. The molecule has 1 atom stereocenters. The number of nitrogens with two attached hydrogens (primary N) is 1. The number of hydrogen-bond acceptors (Lipinski definition) is 4. The number of halogens is 3. The summed E-state index contributed by atoms with van der Waals surface area (Å²) in [4.78, 5) is 25.7. The number of carbonyl (C=O) groups excluding carboxylic acids is 2. The summed E-state index contributed by atoms with van der Waals surface area (Å²) in [7, 11) is 0. The number of amides is 2. The van der Waals surface area contributed by atoms with Crippen molar-refractivity contribution in [1.82, 2.24) is 10.6 Å². The van der Waals surface area contributed by atoms with E-state index < -0.39 is 21.8 Å². The van der Waals surface area contributed by atoms with Crippen LogP contribution >= 0.6 is 58.4 Å². The fraction of sp³-hybridized carbons (Fsp3) is 0.350. The third-order valence-corrected chi connectivity index (χ3v) is 6.92. The van der Waals surface area contributed by atoms with Crippen LogP contribution in [0.15, 0.2) is 24.3 Å². The van der Waals surface area contributed by atoms with Crippen LogP contribution in [0.1, 0.15) is 49.6 Å². The first-order valence-corrected chi connectivity index (χ1v) is 11.9. The quantitative estimate of drug-likeness (QED) is 0.266. The van der Waals surface area contributed by atoms with Gasteiger partial charge in [-0.2, -0.15) is 0 Å². The van der Waals surface area contributed by atoms with Crippen LogP contribution in [0, 0.1) is 6.92 Å².